The Kier molecular flexibility index (Phi) is 1.46. The van der Waals surface area contributed by atoms with Crippen molar-refractivity contribution in [3.8, 4) is 0 Å². The Morgan fingerprint density at radius 2 is 2.27 bits per heavy atom. The van der Waals surface area contributed by atoms with Gasteiger partial charge in [-0.3, -0.25) is 4.98 Å². The molecule has 0 aliphatic rings. The third kappa shape index (κ3) is 0.959. The summed E-state index contributed by atoms with van der Waals surface area (Å²) in [6.45, 7) is 2.04. The molecular weight excluding hydrogens is 204 g/mol. The Hall–Kier alpha value is -0.830. The van der Waals surface area contributed by atoms with Crippen molar-refractivity contribution in [3.63, 3.8) is 0 Å². The summed E-state index contributed by atoms with van der Waals surface area (Å²) < 4.78 is 1.07. The summed E-state index contributed by atoms with van der Waals surface area (Å²) >= 11 is 3.43. The third-order valence-corrected chi connectivity index (χ3v) is 2.39. The minimum absolute atomic E-state index is 1.07. The van der Waals surface area contributed by atoms with E-state index in [1.54, 1.807) is 0 Å². The van der Waals surface area contributed by atoms with Gasteiger partial charge >= 0.3 is 0 Å². The van der Waals surface area contributed by atoms with Crippen molar-refractivity contribution < 1.29 is 0 Å². The molecule has 0 saturated carbocycles. The Bertz CT molecular complexity index is 392. The van der Waals surface area contributed by atoms with Crippen molar-refractivity contribution in [1.29, 1.82) is 0 Å². The monoisotopic (exact) mass is 210 g/mol. The zero-order chi connectivity index (χ0) is 7.84. The van der Waals surface area contributed by atoms with Gasteiger partial charge in [0, 0.05) is 28.4 Å². The molecule has 11 heavy (non-hydrogen) atoms. The van der Waals surface area contributed by atoms with Gasteiger partial charge < -0.3 is 4.98 Å². The number of hydrogen-bond donors (Lipinski definition) is 1. The van der Waals surface area contributed by atoms with Crippen LogP contribution in [0.4, 0.5) is 0 Å². The Morgan fingerprint density at radius 1 is 1.45 bits per heavy atom. The molecule has 0 bridgehead atoms. The summed E-state index contributed by atoms with van der Waals surface area (Å²) in [6.07, 6.45) is 5.63. The van der Waals surface area contributed by atoms with Crippen LogP contribution in [-0.4, -0.2) is 9.97 Å². The molecule has 0 atom stereocenters. The van der Waals surface area contributed by atoms with Crippen LogP contribution < -0.4 is 0 Å². The number of aromatic amines is 1. The zero-order valence-corrected chi connectivity index (χ0v) is 7.64. The standard InChI is InChI=1S/C8H7BrN2/c1-5-2-10-3-6-7(9)4-11-8(5)6/h2-4,11H,1H3. The summed E-state index contributed by atoms with van der Waals surface area (Å²) in [7, 11) is 0. The Morgan fingerprint density at radius 3 is 3.00 bits per heavy atom. The Balaban J connectivity index is 2.94. The molecule has 2 nitrogen and oxygen atoms in total. The van der Waals surface area contributed by atoms with Crippen LogP contribution in [0.25, 0.3) is 10.9 Å². The number of hydrogen-bond acceptors (Lipinski definition) is 1. The minimum atomic E-state index is 1.07. The molecule has 0 fully saturated rings. The molecule has 0 amide bonds. The summed E-state index contributed by atoms with van der Waals surface area (Å²) in [5.74, 6) is 0. The van der Waals surface area contributed by atoms with Crippen molar-refractivity contribution in [2.24, 2.45) is 0 Å². The van der Waals surface area contributed by atoms with E-state index in [0.717, 1.165) is 15.4 Å². The first-order valence-electron chi connectivity index (χ1n) is 3.36. The Labute approximate surface area is 72.8 Å². The minimum Gasteiger partial charge on any atom is -0.360 e. The highest BCUT2D eigenvalue weighted by molar-refractivity contribution is 9.10. The van der Waals surface area contributed by atoms with E-state index in [9.17, 15) is 0 Å². The number of aryl methyl sites for hydroxylation is 1. The molecule has 0 unspecified atom stereocenters. The van der Waals surface area contributed by atoms with Crippen LogP contribution in [-0.2, 0) is 0 Å². The lowest BCUT2D eigenvalue weighted by Crippen LogP contribution is -1.77. The number of nitrogens with zero attached hydrogens (tertiary/aromatic N) is 1. The van der Waals surface area contributed by atoms with Crippen LogP contribution in [0.2, 0.25) is 0 Å². The molecular formula is C8H7BrN2. The number of fused-ring (bicyclic) bond motifs is 1. The molecule has 0 aromatic carbocycles. The second-order valence-corrected chi connectivity index (χ2v) is 3.37. The van der Waals surface area contributed by atoms with E-state index >= 15 is 0 Å². The molecule has 0 radical (unpaired) electrons. The lowest BCUT2D eigenvalue weighted by molar-refractivity contribution is 1.29. The predicted octanol–water partition coefficient (Wildman–Crippen LogP) is 2.63. The van der Waals surface area contributed by atoms with Crippen molar-refractivity contribution in [2.75, 3.05) is 0 Å². The molecule has 2 rings (SSSR count). The molecule has 0 spiro atoms. The molecule has 2 heterocycles. The van der Waals surface area contributed by atoms with E-state index in [2.05, 4.69) is 25.9 Å². The maximum absolute atomic E-state index is 4.10. The highest BCUT2D eigenvalue weighted by Crippen LogP contribution is 2.23. The van der Waals surface area contributed by atoms with E-state index in [1.165, 1.54) is 5.56 Å². The molecule has 2 aromatic rings. The van der Waals surface area contributed by atoms with E-state index in [0.29, 0.717) is 0 Å². The largest absolute Gasteiger partial charge is 0.360 e. The number of pyridine rings is 1. The van der Waals surface area contributed by atoms with E-state index in [1.807, 2.05) is 25.5 Å². The SMILES string of the molecule is Cc1cncc2c(Br)c[nH]c12. The fourth-order valence-corrected chi connectivity index (χ4v) is 1.57. The average Bonchev–Trinajstić information content (AvgIpc) is 2.35. The van der Waals surface area contributed by atoms with Crippen LogP contribution in [0.3, 0.4) is 0 Å². The molecule has 56 valence electrons. The van der Waals surface area contributed by atoms with Crippen LogP contribution in [0.5, 0.6) is 0 Å². The average molecular weight is 211 g/mol. The summed E-state index contributed by atoms with van der Waals surface area (Å²) in [5.41, 5.74) is 2.33. The quantitative estimate of drug-likeness (QED) is 0.712. The molecule has 2 aromatic heterocycles. The number of halogens is 1. The van der Waals surface area contributed by atoms with Crippen molar-refractivity contribution in [2.45, 2.75) is 6.92 Å². The van der Waals surface area contributed by atoms with Gasteiger partial charge in [-0.05, 0) is 28.4 Å². The molecule has 3 heteroatoms. The van der Waals surface area contributed by atoms with Gasteiger partial charge in [0.25, 0.3) is 0 Å². The second-order valence-electron chi connectivity index (χ2n) is 2.52. The second kappa shape index (κ2) is 2.34. The van der Waals surface area contributed by atoms with Crippen LogP contribution in [0, 0.1) is 6.92 Å². The molecule has 0 aliphatic heterocycles. The van der Waals surface area contributed by atoms with Crippen molar-refractivity contribution >= 4 is 26.8 Å². The van der Waals surface area contributed by atoms with E-state index in [-0.39, 0.29) is 0 Å². The highest BCUT2D eigenvalue weighted by Gasteiger charge is 2.01. The number of nitrogens with one attached hydrogen (secondary N) is 1. The number of H-pyrrole nitrogens is 1. The number of rotatable bonds is 0. The zero-order valence-electron chi connectivity index (χ0n) is 6.06. The molecule has 0 aliphatic carbocycles. The predicted molar refractivity (Wildman–Crippen MR) is 48.5 cm³/mol. The van der Waals surface area contributed by atoms with Gasteiger partial charge in [0.05, 0.1) is 5.52 Å². The van der Waals surface area contributed by atoms with Crippen LogP contribution >= 0.6 is 15.9 Å². The van der Waals surface area contributed by atoms with Crippen LogP contribution in [0.1, 0.15) is 5.56 Å². The van der Waals surface area contributed by atoms with Gasteiger partial charge in [-0.25, -0.2) is 0 Å². The fourth-order valence-electron chi connectivity index (χ4n) is 1.15. The first-order chi connectivity index (χ1) is 5.29. The highest BCUT2D eigenvalue weighted by atomic mass is 79.9. The van der Waals surface area contributed by atoms with Gasteiger partial charge in [-0.15, -0.1) is 0 Å². The third-order valence-electron chi connectivity index (χ3n) is 1.74. The lowest BCUT2D eigenvalue weighted by Gasteiger charge is -1.92. The normalized spacial score (nSPS) is 10.7. The maximum Gasteiger partial charge on any atom is 0.0526 e. The fraction of sp³-hybridized carbons (Fsp3) is 0.125. The van der Waals surface area contributed by atoms with Gasteiger partial charge in [0.15, 0.2) is 0 Å². The number of aromatic nitrogens is 2. The molecule has 1 N–H and O–H groups in total. The van der Waals surface area contributed by atoms with Crippen LogP contribution in [0.15, 0.2) is 23.1 Å². The van der Waals surface area contributed by atoms with Gasteiger partial charge in [0.2, 0.25) is 0 Å². The van der Waals surface area contributed by atoms with Crippen molar-refractivity contribution in [3.05, 3.63) is 28.6 Å². The van der Waals surface area contributed by atoms with E-state index in [4.69, 9.17) is 0 Å². The topological polar surface area (TPSA) is 28.7 Å². The first-order valence-corrected chi connectivity index (χ1v) is 4.15. The summed E-state index contributed by atoms with van der Waals surface area (Å²) in [6, 6.07) is 0. The summed E-state index contributed by atoms with van der Waals surface area (Å²) in [4.78, 5) is 7.26. The molecule has 0 saturated heterocycles. The van der Waals surface area contributed by atoms with Gasteiger partial charge in [0.1, 0.15) is 0 Å². The van der Waals surface area contributed by atoms with Crippen molar-refractivity contribution in [1.82, 2.24) is 9.97 Å². The van der Waals surface area contributed by atoms with Gasteiger partial charge in [-0.1, -0.05) is 0 Å². The smallest absolute Gasteiger partial charge is 0.0526 e. The summed E-state index contributed by atoms with van der Waals surface area (Å²) in [5, 5.41) is 1.14. The first kappa shape index (κ1) is 6.85. The van der Waals surface area contributed by atoms with E-state index < -0.39 is 0 Å². The maximum atomic E-state index is 4.10. The van der Waals surface area contributed by atoms with Gasteiger partial charge in [-0.2, -0.15) is 0 Å². The lowest BCUT2D eigenvalue weighted by atomic mass is 10.2.